The Kier molecular flexibility index (Phi) is 2.54. The van der Waals surface area contributed by atoms with E-state index < -0.39 is 89.3 Å². The number of fused-ring (bicyclic) bond motifs is 6. The van der Waals surface area contributed by atoms with Crippen LogP contribution in [-0.2, 0) is 43.3 Å². The molecule has 4 unspecified atom stereocenters. The molecule has 22 heavy (non-hydrogen) atoms. The molecular formula is C8H6O12Sb2. The van der Waals surface area contributed by atoms with Crippen LogP contribution in [0.25, 0.3) is 0 Å². The molecule has 5 rings (SSSR count). The zero-order chi connectivity index (χ0) is 15.3. The molecule has 0 saturated carbocycles. The van der Waals surface area contributed by atoms with Crippen molar-refractivity contribution in [3.05, 3.63) is 0 Å². The van der Waals surface area contributed by atoms with Crippen LogP contribution < -0.4 is 0 Å². The monoisotopic (exact) mass is 536 g/mol. The first kappa shape index (κ1) is 13.8. The predicted octanol–water partition coefficient (Wildman–Crippen LogP) is -3.90. The minimum atomic E-state index is -4.99. The van der Waals surface area contributed by atoms with Gasteiger partial charge in [-0.1, -0.05) is 0 Å². The van der Waals surface area contributed by atoms with Crippen molar-refractivity contribution in [3.8, 4) is 0 Å². The van der Waals surface area contributed by atoms with Gasteiger partial charge in [0, 0.05) is 0 Å². The van der Waals surface area contributed by atoms with Gasteiger partial charge < -0.3 is 0 Å². The van der Waals surface area contributed by atoms with Crippen LogP contribution in [0.5, 0.6) is 0 Å². The Labute approximate surface area is 132 Å². The molecule has 12 nitrogen and oxygen atoms in total. The molecule has 2 spiro atoms. The summed E-state index contributed by atoms with van der Waals surface area (Å²) in [5.41, 5.74) is 0. The van der Waals surface area contributed by atoms with Gasteiger partial charge in [-0.3, -0.25) is 0 Å². The van der Waals surface area contributed by atoms with Gasteiger partial charge in [0.25, 0.3) is 0 Å². The van der Waals surface area contributed by atoms with Gasteiger partial charge in [-0.15, -0.1) is 0 Å². The Hall–Kier alpha value is -0.644. The SMILES string of the molecule is O=C1[O][SbH]23[O]C(=O)C([O]2)C2[O][SbH]4([O]C(=O)C([O]4)C1[O]3)[O]C2=O. The third-order valence-corrected chi connectivity index (χ3v) is 14.8. The van der Waals surface area contributed by atoms with Crippen LogP contribution in [0.15, 0.2) is 0 Å². The summed E-state index contributed by atoms with van der Waals surface area (Å²) in [6, 6.07) is 0. The maximum absolute atomic E-state index is 11.9. The molecule has 5 heterocycles. The van der Waals surface area contributed by atoms with E-state index in [1.165, 1.54) is 0 Å². The van der Waals surface area contributed by atoms with Crippen molar-refractivity contribution in [1.29, 1.82) is 0 Å². The quantitative estimate of drug-likeness (QED) is 0.279. The maximum atomic E-state index is 11.9. The molecule has 5 aliphatic heterocycles. The normalized spacial score (nSPS) is 45.5. The van der Waals surface area contributed by atoms with Gasteiger partial charge in [-0.25, -0.2) is 0 Å². The first-order valence-corrected chi connectivity index (χ1v) is 15.4. The van der Waals surface area contributed by atoms with Crippen molar-refractivity contribution in [3.63, 3.8) is 0 Å². The fraction of sp³-hybridized carbons (Fsp3) is 0.500. The molecule has 0 aromatic heterocycles. The topological polar surface area (TPSA) is 142 Å². The third kappa shape index (κ3) is 1.62. The summed E-state index contributed by atoms with van der Waals surface area (Å²) in [6.45, 7) is 0. The minimum absolute atomic E-state index is 0.960. The van der Waals surface area contributed by atoms with E-state index in [0.29, 0.717) is 0 Å². The van der Waals surface area contributed by atoms with Crippen LogP contribution in [0.2, 0.25) is 0 Å². The average molecular weight is 538 g/mol. The van der Waals surface area contributed by atoms with Crippen LogP contribution in [-0.4, -0.2) is 89.3 Å². The summed E-state index contributed by atoms with van der Waals surface area (Å²) in [5.74, 6) is -3.84. The molecule has 0 radical (unpaired) electrons. The van der Waals surface area contributed by atoms with Crippen molar-refractivity contribution >= 4 is 64.8 Å². The van der Waals surface area contributed by atoms with E-state index in [1.54, 1.807) is 0 Å². The van der Waals surface area contributed by atoms with Crippen molar-refractivity contribution in [2.45, 2.75) is 24.4 Å². The molecule has 0 aromatic carbocycles. The summed E-state index contributed by atoms with van der Waals surface area (Å²) >= 11 is -9.98. The molecule has 5 saturated heterocycles. The number of hydrogen-bond donors (Lipinski definition) is 0. The van der Waals surface area contributed by atoms with Gasteiger partial charge in [0.05, 0.1) is 0 Å². The summed E-state index contributed by atoms with van der Waals surface area (Å²) in [6.07, 6.45) is -6.04. The van der Waals surface area contributed by atoms with Crippen LogP contribution in [0.1, 0.15) is 0 Å². The second kappa shape index (κ2) is 4.06. The van der Waals surface area contributed by atoms with Gasteiger partial charge >= 0.3 is 133 Å². The Morgan fingerprint density at radius 1 is 0.500 bits per heavy atom. The van der Waals surface area contributed by atoms with Crippen LogP contribution in [0, 0.1) is 0 Å². The summed E-state index contributed by atoms with van der Waals surface area (Å²) in [5, 5.41) is 0. The zero-order valence-corrected chi connectivity index (χ0v) is 15.9. The predicted molar refractivity (Wildman–Crippen MR) is 58.2 cm³/mol. The molecule has 0 amide bonds. The first-order chi connectivity index (χ1) is 10.4. The molecule has 0 N–H and O–H groups in total. The molecular weight excluding hydrogens is 532 g/mol. The summed E-state index contributed by atoms with van der Waals surface area (Å²) < 4.78 is 41.1. The number of rotatable bonds is 0. The second-order valence-corrected chi connectivity index (χ2v) is 15.6. The molecule has 5 aliphatic rings. The molecule has 6 bridgehead atoms. The standard InChI is InChI=1S/2C4H4O6.2Sb.2H/c2*5-1(3(7)8)2(6)4(9)10;;;;/h2*1-2H,(H,7,8)(H,9,10);;;;/q2*-2;2*+4;;/p-4. The Balaban J connectivity index is 1.66. The zero-order valence-electron chi connectivity index (χ0n) is 10.2. The number of carbonyl (C=O) groups is 4. The van der Waals surface area contributed by atoms with Gasteiger partial charge in [-0.2, -0.15) is 0 Å². The van der Waals surface area contributed by atoms with Crippen LogP contribution in [0.4, 0.5) is 0 Å². The number of hydrogen-bond acceptors (Lipinski definition) is 12. The first-order valence-electron chi connectivity index (χ1n) is 6.03. The van der Waals surface area contributed by atoms with Crippen molar-refractivity contribution < 1.29 is 43.3 Å². The Morgan fingerprint density at radius 2 is 0.727 bits per heavy atom. The van der Waals surface area contributed by atoms with Crippen LogP contribution in [0.3, 0.4) is 0 Å². The van der Waals surface area contributed by atoms with Crippen LogP contribution >= 0.6 is 0 Å². The summed E-state index contributed by atoms with van der Waals surface area (Å²) in [4.78, 5) is 47.6. The molecule has 4 atom stereocenters. The molecule has 0 aliphatic carbocycles. The Bertz CT molecular complexity index is 548. The van der Waals surface area contributed by atoms with Crippen molar-refractivity contribution in [2.24, 2.45) is 0 Å². The average Bonchev–Trinajstić information content (AvgIpc) is 3.09. The van der Waals surface area contributed by atoms with E-state index in [4.69, 9.17) is 24.1 Å². The van der Waals surface area contributed by atoms with Crippen molar-refractivity contribution in [1.82, 2.24) is 0 Å². The second-order valence-electron chi connectivity index (χ2n) is 4.84. The van der Waals surface area contributed by atoms with E-state index in [1.807, 2.05) is 0 Å². The third-order valence-electron chi connectivity index (χ3n) is 3.47. The number of carbonyl (C=O) groups excluding carboxylic acids is 4. The van der Waals surface area contributed by atoms with E-state index in [9.17, 15) is 19.2 Å². The molecule has 14 heteroatoms. The van der Waals surface area contributed by atoms with Crippen molar-refractivity contribution in [2.75, 3.05) is 0 Å². The van der Waals surface area contributed by atoms with E-state index in [0.717, 1.165) is 0 Å². The van der Waals surface area contributed by atoms with Gasteiger partial charge in [0.15, 0.2) is 0 Å². The van der Waals surface area contributed by atoms with E-state index >= 15 is 0 Å². The van der Waals surface area contributed by atoms with Gasteiger partial charge in [-0.05, 0) is 0 Å². The molecule has 120 valence electrons. The van der Waals surface area contributed by atoms with E-state index in [-0.39, 0.29) is 0 Å². The van der Waals surface area contributed by atoms with Gasteiger partial charge in [0.2, 0.25) is 0 Å². The molecule has 5 fully saturated rings. The fourth-order valence-corrected chi connectivity index (χ4v) is 14.4. The summed E-state index contributed by atoms with van der Waals surface area (Å²) in [7, 11) is 0. The fourth-order valence-electron chi connectivity index (χ4n) is 2.57. The van der Waals surface area contributed by atoms with Gasteiger partial charge in [0.1, 0.15) is 0 Å². The Morgan fingerprint density at radius 3 is 0.955 bits per heavy atom. The van der Waals surface area contributed by atoms with E-state index in [2.05, 4.69) is 0 Å². The molecule has 0 aromatic rings.